The van der Waals surface area contributed by atoms with Crippen LogP contribution in [0, 0.1) is 0 Å². The second kappa shape index (κ2) is 6.50. The van der Waals surface area contributed by atoms with Crippen molar-refractivity contribution < 1.29 is 14.3 Å². The molecular weight excluding hydrogens is 356 g/mol. The van der Waals surface area contributed by atoms with Gasteiger partial charge in [0.15, 0.2) is 4.34 Å². The second-order valence-electron chi connectivity index (χ2n) is 5.52. The largest absolute Gasteiger partial charge is 0.497 e. The maximum absolute atomic E-state index is 12.7. The first-order valence-electron chi connectivity index (χ1n) is 7.69. The lowest BCUT2D eigenvalue weighted by molar-refractivity contribution is -0.121. The van der Waals surface area contributed by atoms with Crippen molar-refractivity contribution in [1.29, 1.82) is 0 Å². The van der Waals surface area contributed by atoms with E-state index in [2.05, 4.69) is 4.98 Å². The SMILES string of the molecule is COc1ccc(N2C(=O)C[C@H](Sc3nc4ccccc4s3)C2=O)cc1. The highest BCUT2D eigenvalue weighted by atomic mass is 32.2. The number of benzene rings is 2. The number of fused-ring (bicyclic) bond motifs is 1. The third kappa shape index (κ3) is 3.01. The number of hydrogen-bond donors (Lipinski definition) is 0. The number of hydrogen-bond acceptors (Lipinski definition) is 6. The van der Waals surface area contributed by atoms with E-state index in [1.165, 1.54) is 16.7 Å². The number of anilines is 1. The second-order valence-corrected chi connectivity index (χ2v) is 8.00. The fraction of sp³-hybridized carbons (Fsp3) is 0.167. The average molecular weight is 370 g/mol. The molecule has 1 atom stereocenters. The molecule has 5 nitrogen and oxygen atoms in total. The maximum Gasteiger partial charge on any atom is 0.247 e. The smallest absolute Gasteiger partial charge is 0.247 e. The number of ether oxygens (including phenoxy) is 1. The molecule has 4 rings (SSSR count). The summed E-state index contributed by atoms with van der Waals surface area (Å²) in [6, 6.07) is 14.8. The van der Waals surface area contributed by atoms with Gasteiger partial charge in [0.2, 0.25) is 11.8 Å². The van der Waals surface area contributed by atoms with Gasteiger partial charge in [-0.15, -0.1) is 11.3 Å². The molecule has 25 heavy (non-hydrogen) atoms. The first kappa shape index (κ1) is 16.1. The zero-order chi connectivity index (χ0) is 17.4. The predicted octanol–water partition coefficient (Wildman–Crippen LogP) is 3.73. The number of thioether (sulfide) groups is 1. The molecule has 0 saturated carbocycles. The Bertz CT molecular complexity index is 919. The Morgan fingerprint density at radius 2 is 1.92 bits per heavy atom. The van der Waals surface area contributed by atoms with E-state index >= 15 is 0 Å². The van der Waals surface area contributed by atoms with Gasteiger partial charge in [-0.3, -0.25) is 9.59 Å². The standard InChI is InChI=1S/C18H14N2O3S2/c1-23-12-8-6-11(7-9-12)20-16(21)10-15(17(20)22)25-18-19-13-4-2-3-5-14(13)24-18/h2-9,15H,10H2,1H3/t15-/m0/s1. The molecule has 1 aliphatic heterocycles. The number of aromatic nitrogens is 1. The zero-order valence-corrected chi connectivity index (χ0v) is 15.0. The molecule has 2 amide bonds. The highest BCUT2D eigenvalue weighted by Gasteiger charge is 2.40. The average Bonchev–Trinajstić information content (AvgIpc) is 3.15. The van der Waals surface area contributed by atoms with Crippen molar-refractivity contribution >= 4 is 50.8 Å². The molecule has 0 bridgehead atoms. The summed E-state index contributed by atoms with van der Waals surface area (Å²) >= 11 is 2.91. The lowest BCUT2D eigenvalue weighted by Gasteiger charge is -2.15. The summed E-state index contributed by atoms with van der Waals surface area (Å²) in [4.78, 5) is 30.9. The van der Waals surface area contributed by atoms with E-state index in [0.717, 1.165) is 14.6 Å². The molecule has 126 valence electrons. The van der Waals surface area contributed by atoms with Crippen LogP contribution in [0.1, 0.15) is 6.42 Å². The minimum Gasteiger partial charge on any atom is -0.497 e. The molecule has 1 saturated heterocycles. The van der Waals surface area contributed by atoms with Gasteiger partial charge < -0.3 is 4.74 Å². The number of nitrogens with zero attached hydrogens (tertiary/aromatic N) is 2. The van der Waals surface area contributed by atoms with Crippen LogP contribution in [-0.2, 0) is 9.59 Å². The highest BCUT2D eigenvalue weighted by Crippen LogP contribution is 2.37. The molecule has 2 heterocycles. The predicted molar refractivity (Wildman–Crippen MR) is 99.4 cm³/mol. The number of amides is 2. The van der Waals surface area contributed by atoms with E-state index in [-0.39, 0.29) is 18.2 Å². The number of rotatable bonds is 4. The van der Waals surface area contributed by atoms with Gasteiger partial charge in [-0.1, -0.05) is 23.9 Å². The van der Waals surface area contributed by atoms with Crippen LogP contribution in [0.4, 0.5) is 5.69 Å². The Hall–Kier alpha value is -2.38. The van der Waals surface area contributed by atoms with Crippen molar-refractivity contribution in [3.8, 4) is 5.75 Å². The lowest BCUT2D eigenvalue weighted by atomic mass is 10.3. The first-order chi connectivity index (χ1) is 12.2. The third-order valence-corrected chi connectivity index (χ3v) is 6.27. The van der Waals surface area contributed by atoms with Crippen molar-refractivity contribution in [2.75, 3.05) is 12.0 Å². The summed E-state index contributed by atoms with van der Waals surface area (Å²) < 4.78 is 7.00. The van der Waals surface area contributed by atoms with Gasteiger partial charge >= 0.3 is 0 Å². The molecule has 0 unspecified atom stereocenters. The Kier molecular flexibility index (Phi) is 4.19. The first-order valence-corrected chi connectivity index (χ1v) is 9.38. The van der Waals surface area contributed by atoms with E-state index in [1.807, 2.05) is 24.3 Å². The van der Waals surface area contributed by atoms with Crippen LogP contribution < -0.4 is 9.64 Å². The Morgan fingerprint density at radius 1 is 1.16 bits per heavy atom. The van der Waals surface area contributed by atoms with E-state index in [1.54, 1.807) is 42.7 Å². The van der Waals surface area contributed by atoms with Gasteiger partial charge in [-0.2, -0.15) is 0 Å². The van der Waals surface area contributed by atoms with Crippen LogP contribution in [-0.4, -0.2) is 29.2 Å². The normalized spacial score (nSPS) is 17.5. The monoisotopic (exact) mass is 370 g/mol. The number of imide groups is 1. The molecule has 0 spiro atoms. The van der Waals surface area contributed by atoms with Crippen molar-refractivity contribution in [3.05, 3.63) is 48.5 Å². The zero-order valence-electron chi connectivity index (χ0n) is 13.3. The Balaban J connectivity index is 1.55. The van der Waals surface area contributed by atoms with E-state index < -0.39 is 5.25 Å². The van der Waals surface area contributed by atoms with Crippen molar-refractivity contribution in [3.63, 3.8) is 0 Å². The molecule has 1 fully saturated rings. The lowest BCUT2D eigenvalue weighted by Crippen LogP contribution is -2.31. The molecule has 3 aromatic rings. The maximum atomic E-state index is 12.7. The van der Waals surface area contributed by atoms with Gasteiger partial charge in [0.1, 0.15) is 11.0 Å². The number of carbonyl (C=O) groups excluding carboxylic acids is 2. The van der Waals surface area contributed by atoms with E-state index in [9.17, 15) is 9.59 Å². The third-order valence-electron chi connectivity index (χ3n) is 3.95. The van der Waals surface area contributed by atoms with Gasteiger partial charge in [0.05, 0.1) is 23.0 Å². The minimum absolute atomic E-state index is 0.186. The molecular formula is C18H14N2O3S2. The summed E-state index contributed by atoms with van der Waals surface area (Å²) in [5.74, 6) is 0.302. The van der Waals surface area contributed by atoms with E-state index in [4.69, 9.17) is 4.74 Å². The van der Waals surface area contributed by atoms with Crippen molar-refractivity contribution in [2.45, 2.75) is 16.0 Å². The van der Waals surface area contributed by atoms with Crippen LogP contribution in [0.5, 0.6) is 5.75 Å². The van der Waals surface area contributed by atoms with Crippen LogP contribution in [0.15, 0.2) is 52.9 Å². The summed E-state index contributed by atoms with van der Waals surface area (Å²) in [6.07, 6.45) is 0.186. The van der Waals surface area contributed by atoms with Crippen LogP contribution >= 0.6 is 23.1 Å². The number of carbonyl (C=O) groups is 2. The molecule has 0 N–H and O–H groups in total. The molecule has 1 aliphatic rings. The number of thiazole rings is 1. The fourth-order valence-corrected chi connectivity index (χ4v) is 5.06. The van der Waals surface area contributed by atoms with Gasteiger partial charge in [0, 0.05) is 6.42 Å². The Morgan fingerprint density at radius 3 is 2.64 bits per heavy atom. The van der Waals surface area contributed by atoms with Crippen LogP contribution in [0.2, 0.25) is 0 Å². The van der Waals surface area contributed by atoms with E-state index in [0.29, 0.717) is 11.4 Å². The molecule has 0 aliphatic carbocycles. The molecule has 7 heteroatoms. The Labute approximate surface area is 152 Å². The van der Waals surface area contributed by atoms with Crippen LogP contribution in [0.25, 0.3) is 10.2 Å². The fourth-order valence-electron chi connectivity index (χ4n) is 2.72. The summed E-state index contributed by atoms with van der Waals surface area (Å²) in [7, 11) is 1.58. The number of methoxy groups -OCH3 is 1. The summed E-state index contributed by atoms with van der Waals surface area (Å²) in [5, 5.41) is -0.435. The quantitative estimate of drug-likeness (QED) is 0.655. The van der Waals surface area contributed by atoms with Gasteiger partial charge in [-0.05, 0) is 36.4 Å². The van der Waals surface area contributed by atoms with Gasteiger partial charge in [-0.25, -0.2) is 9.88 Å². The van der Waals surface area contributed by atoms with Crippen LogP contribution in [0.3, 0.4) is 0 Å². The van der Waals surface area contributed by atoms with Crippen molar-refractivity contribution in [1.82, 2.24) is 4.98 Å². The van der Waals surface area contributed by atoms with Crippen molar-refractivity contribution in [2.24, 2.45) is 0 Å². The number of para-hydroxylation sites is 1. The van der Waals surface area contributed by atoms with Gasteiger partial charge in [0.25, 0.3) is 0 Å². The highest BCUT2D eigenvalue weighted by molar-refractivity contribution is 8.02. The molecule has 2 aromatic carbocycles. The summed E-state index contributed by atoms with van der Waals surface area (Å²) in [6.45, 7) is 0. The topological polar surface area (TPSA) is 59.5 Å². The molecule has 1 aromatic heterocycles. The molecule has 0 radical (unpaired) electrons. The minimum atomic E-state index is -0.435. The summed E-state index contributed by atoms with van der Waals surface area (Å²) in [5.41, 5.74) is 1.49.